The van der Waals surface area contributed by atoms with Crippen molar-refractivity contribution in [2.24, 2.45) is 0 Å². The molecule has 0 saturated carbocycles. The molecular formula is C14H15ClN2O2S2. The molecule has 0 aliphatic heterocycles. The zero-order valence-electron chi connectivity index (χ0n) is 11.6. The first-order valence-corrected chi connectivity index (χ1v) is 8.51. The molecule has 0 unspecified atom stereocenters. The first-order valence-electron chi connectivity index (χ1n) is 6.09. The molecule has 1 heterocycles. The number of esters is 1. The summed E-state index contributed by atoms with van der Waals surface area (Å²) in [7, 11) is 1.35. The van der Waals surface area contributed by atoms with Crippen molar-refractivity contribution in [1.82, 2.24) is 0 Å². The van der Waals surface area contributed by atoms with Gasteiger partial charge in [-0.25, -0.2) is 4.79 Å². The summed E-state index contributed by atoms with van der Waals surface area (Å²) >= 11 is 8.67. The average molecular weight is 343 g/mol. The third kappa shape index (κ3) is 3.64. The highest BCUT2D eigenvalue weighted by atomic mass is 35.5. The molecule has 0 spiro atoms. The maximum Gasteiger partial charge on any atom is 0.350 e. The molecular weight excluding hydrogens is 328 g/mol. The number of rotatable bonds is 5. The summed E-state index contributed by atoms with van der Waals surface area (Å²) in [6.07, 6.45) is 1.92. The van der Waals surface area contributed by atoms with E-state index in [1.807, 2.05) is 30.5 Å². The minimum atomic E-state index is -0.410. The van der Waals surface area contributed by atoms with Gasteiger partial charge in [0, 0.05) is 11.6 Å². The monoisotopic (exact) mass is 342 g/mol. The Labute approximate surface area is 136 Å². The number of carbonyl (C=O) groups excluding carboxylic acids is 1. The molecule has 0 aliphatic rings. The molecule has 112 valence electrons. The summed E-state index contributed by atoms with van der Waals surface area (Å²) in [6.45, 7) is 0.630. The van der Waals surface area contributed by atoms with E-state index in [4.69, 9.17) is 22.1 Å². The van der Waals surface area contributed by atoms with Gasteiger partial charge in [0.05, 0.1) is 17.7 Å². The number of nitrogens with two attached hydrogens (primary N) is 1. The van der Waals surface area contributed by atoms with Crippen molar-refractivity contribution in [3.8, 4) is 0 Å². The standard InChI is InChI=1S/C14H15ClN2O2S2/c1-19-14(18)12-10(16)11(20-2)13(21-12)17-7-8-3-5-9(15)6-4-8/h3-6,17H,7,16H2,1-2H3. The van der Waals surface area contributed by atoms with Crippen LogP contribution in [0, 0.1) is 0 Å². The summed E-state index contributed by atoms with van der Waals surface area (Å²) in [4.78, 5) is 13.0. The first-order chi connectivity index (χ1) is 10.1. The summed E-state index contributed by atoms with van der Waals surface area (Å²) in [5.41, 5.74) is 7.58. The van der Waals surface area contributed by atoms with Crippen molar-refractivity contribution in [3.05, 3.63) is 39.7 Å². The van der Waals surface area contributed by atoms with Crippen LogP contribution in [0.4, 0.5) is 10.7 Å². The molecule has 1 aromatic carbocycles. The Morgan fingerprint density at radius 2 is 2.10 bits per heavy atom. The number of nitrogens with one attached hydrogen (secondary N) is 1. The molecule has 1 aromatic heterocycles. The Hall–Kier alpha value is -1.37. The van der Waals surface area contributed by atoms with Gasteiger partial charge in [-0.15, -0.1) is 23.1 Å². The number of thioether (sulfide) groups is 1. The summed E-state index contributed by atoms with van der Waals surface area (Å²) in [5.74, 6) is -0.410. The van der Waals surface area contributed by atoms with Crippen molar-refractivity contribution in [2.45, 2.75) is 11.4 Å². The topological polar surface area (TPSA) is 64.3 Å². The molecule has 0 amide bonds. The summed E-state index contributed by atoms with van der Waals surface area (Å²) in [5, 5.41) is 4.88. The predicted molar refractivity (Wildman–Crippen MR) is 90.6 cm³/mol. The highest BCUT2D eigenvalue weighted by molar-refractivity contribution is 7.99. The number of methoxy groups -OCH3 is 1. The van der Waals surface area contributed by atoms with Gasteiger partial charge in [0.1, 0.15) is 9.88 Å². The van der Waals surface area contributed by atoms with Gasteiger partial charge < -0.3 is 15.8 Å². The van der Waals surface area contributed by atoms with E-state index in [0.717, 1.165) is 15.5 Å². The van der Waals surface area contributed by atoms with Gasteiger partial charge >= 0.3 is 5.97 Å². The molecule has 0 saturated heterocycles. The molecule has 0 bridgehead atoms. The zero-order chi connectivity index (χ0) is 15.4. The van der Waals surface area contributed by atoms with Crippen LogP contribution in [0.1, 0.15) is 15.2 Å². The number of halogens is 1. The first kappa shape index (κ1) is 16.0. The fraction of sp³-hybridized carbons (Fsp3) is 0.214. The van der Waals surface area contributed by atoms with Gasteiger partial charge in [-0.3, -0.25) is 0 Å². The number of benzene rings is 1. The lowest BCUT2D eigenvalue weighted by molar-refractivity contribution is 0.0607. The number of hydrogen-bond acceptors (Lipinski definition) is 6. The van der Waals surface area contributed by atoms with Crippen LogP contribution in [-0.4, -0.2) is 19.3 Å². The third-order valence-electron chi connectivity index (χ3n) is 2.84. The van der Waals surface area contributed by atoms with Gasteiger partial charge in [-0.1, -0.05) is 23.7 Å². The highest BCUT2D eigenvalue weighted by Crippen LogP contribution is 2.42. The highest BCUT2D eigenvalue weighted by Gasteiger charge is 2.20. The molecule has 2 aromatic rings. The van der Waals surface area contributed by atoms with Crippen LogP contribution in [0.25, 0.3) is 0 Å². The average Bonchev–Trinajstić information content (AvgIpc) is 2.82. The SMILES string of the molecule is COC(=O)c1sc(NCc2ccc(Cl)cc2)c(SC)c1N. The van der Waals surface area contributed by atoms with Gasteiger partial charge in [-0.2, -0.15) is 0 Å². The number of nitrogen functional groups attached to an aromatic ring is 1. The number of anilines is 2. The predicted octanol–water partition coefficient (Wildman–Crippen LogP) is 4.10. The van der Waals surface area contributed by atoms with Gasteiger partial charge in [0.2, 0.25) is 0 Å². The Balaban J connectivity index is 2.19. The van der Waals surface area contributed by atoms with Crippen LogP contribution < -0.4 is 11.1 Å². The molecule has 0 radical (unpaired) electrons. The van der Waals surface area contributed by atoms with Crippen molar-refractivity contribution in [3.63, 3.8) is 0 Å². The third-order valence-corrected chi connectivity index (χ3v) is 5.20. The molecule has 3 N–H and O–H groups in total. The maximum absolute atomic E-state index is 11.7. The summed E-state index contributed by atoms with van der Waals surface area (Å²) in [6, 6.07) is 7.59. The largest absolute Gasteiger partial charge is 0.465 e. The molecule has 4 nitrogen and oxygen atoms in total. The summed E-state index contributed by atoms with van der Waals surface area (Å²) < 4.78 is 4.75. The van der Waals surface area contributed by atoms with Crippen LogP contribution in [0.3, 0.4) is 0 Å². The lowest BCUT2D eigenvalue weighted by Gasteiger charge is -2.06. The second-order valence-electron chi connectivity index (χ2n) is 4.18. The maximum atomic E-state index is 11.7. The van der Waals surface area contributed by atoms with E-state index < -0.39 is 5.97 Å². The van der Waals surface area contributed by atoms with E-state index in [9.17, 15) is 4.79 Å². The number of thiophene rings is 1. The Morgan fingerprint density at radius 1 is 1.43 bits per heavy atom. The molecule has 2 rings (SSSR count). The number of carbonyl (C=O) groups is 1. The lowest BCUT2D eigenvalue weighted by atomic mass is 10.2. The molecule has 7 heteroatoms. The number of hydrogen-bond donors (Lipinski definition) is 2. The van der Waals surface area contributed by atoms with E-state index in [1.165, 1.54) is 30.2 Å². The fourth-order valence-electron chi connectivity index (χ4n) is 1.78. The van der Waals surface area contributed by atoms with Gasteiger partial charge in [0.25, 0.3) is 0 Å². The van der Waals surface area contributed by atoms with Gasteiger partial charge in [-0.05, 0) is 24.0 Å². The normalized spacial score (nSPS) is 10.4. The van der Waals surface area contributed by atoms with Crippen LogP contribution in [0.2, 0.25) is 5.02 Å². The second kappa shape index (κ2) is 7.06. The van der Waals surface area contributed by atoms with Crippen LogP contribution in [-0.2, 0) is 11.3 Å². The van der Waals surface area contributed by atoms with Crippen molar-refractivity contribution < 1.29 is 9.53 Å². The van der Waals surface area contributed by atoms with Crippen molar-refractivity contribution in [2.75, 3.05) is 24.4 Å². The molecule has 0 aliphatic carbocycles. The van der Waals surface area contributed by atoms with Crippen LogP contribution in [0.15, 0.2) is 29.2 Å². The Morgan fingerprint density at radius 3 is 2.67 bits per heavy atom. The van der Waals surface area contributed by atoms with Crippen LogP contribution >= 0.6 is 34.7 Å². The zero-order valence-corrected chi connectivity index (χ0v) is 14.0. The minimum Gasteiger partial charge on any atom is -0.465 e. The van der Waals surface area contributed by atoms with E-state index >= 15 is 0 Å². The molecule has 21 heavy (non-hydrogen) atoms. The van der Waals surface area contributed by atoms with E-state index in [2.05, 4.69) is 5.32 Å². The molecule has 0 atom stereocenters. The quantitative estimate of drug-likeness (QED) is 0.632. The lowest BCUT2D eigenvalue weighted by Crippen LogP contribution is -2.01. The van der Waals surface area contributed by atoms with Crippen molar-refractivity contribution >= 4 is 51.4 Å². The van der Waals surface area contributed by atoms with Gasteiger partial charge in [0.15, 0.2) is 0 Å². The second-order valence-corrected chi connectivity index (χ2v) is 6.45. The van der Waals surface area contributed by atoms with E-state index in [0.29, 0.717) is 22.1 Å². The minimum absolute atomic E-state index is 0.410. The van der Waals surface area contributed by atoms with Crippen molar-refractivity contribution in [1.29, 1.82) is 0 Å². The fourth-order valence-corrected chi connectivity index (χ4v) is 3.85. The van der Waals surface area contributed by atoms with E-state index in [-0.39, 0.29) is 0 Å². The smallest absolute Gasteiger partial charge is 0.350 e. The Bertz CT molecular complexity index is 641. The Kier molecular flexibility index (Phi) is 5.39. The van der Waals surface area contributed by atoms with Crippen LogP contribution in [0.5, 0.6) is 0 Å². The molecule has 0 fully saturated rings. The van der Waals surface area contributed by atoms with E-state index in [1.54, 1.807) is 0 Å². The number of ether oxygens (including phenoxy) is 1.